The molecule has 0 aromatic heterocycles. The third kappa shape index (κ3) is 4.64. The molecule has 120 valence electrons. The van der Waals surface area contributed by atoms with Crippen LogP contribution in [0.5, 0.6) is 0 Å². The molecule has 0 aliphatic rings. The second kappa shape index (κ2) is 7.39. The molecule has 0 saturated carbocycles. The molecule has 0 aliphatic carbocycles. The minimum absolute atomic E-state index is 0.0563. The standard InChI is InChI=1S/C16H15ClN2O3S/c1-9(23-12-4-2-3-11(18)8-12)15(20)19-14-7-10(16(21)22)5-6-13(14)17/h2-9H,18H2,1H3,(H,19,20)(H,21,22). The Labute approximate surface area is 142 Å². The first kappa shape index (κ1) is 17.2. The number of nitrogen functional groups attached to an aromatic ring is 1. The number of carbonyl (C=O) groups is 2. The number of rotatable bonds is 5. The third-order valence-corrected chi connectivity index (χ3v) is 4.43. The zero-order chi connectivity index (χ0) is 17.0. The molecule has 0 heterocycles. The maximum atomic E-state index is 12.3. The SMILES string of the molecule is CC(Sc1cccc(N)c1)C(=O)Nc1cc(C(=O)O)ccc1Cl. The normalized spacial score (nSPS) is 11.7. The number of halogens is 1. The molecule has 2 aromatic rings. The molecule has 5 nitrogen and oxygen atoms in total. The van der Waals surface area contributed by atoms with Gasteiger partial charge in [0.15, 0.2) is 0 Å². The van der Waals surface area contributed by atoms with Crippen LogP contribution in [0.25, 0.3) is 0 Å². The van der Waals surface area contributed by atoms with Gasteiger partial charge in [-0.3, -0.25) is 4.79 Å². The number of amides is 1. The van der Waals surface area contributed by atoms with Gasteiger partial charge in [-0.2, -0.15) is 0 Å². The van der Waals surface area contributed by atoms with E-state index in [2.05, 4.69) is 5.32 Å². The van der Waals surface area contributed by atoms with Crippen molar-refractivity contribution in [2.45, 2.75) is 17.1 Å². The second-order valence-corrected chi connectivity index (χ2v) is 6.64. The topological polar surface area (TPSA) is 92.4 Å². The first-order valence-electron chi connectivity index (χ1n) is 6.72. The molecule has 0 fully saturated rings. The van der Waals surface area contributed by atoms with E-state index >= 15 is 0 Å². The van der Waals surface area contributed by atoms with E-state index in [1.807, 2.05) is 12.1 Å². The van der Waals surface area contributed by atoms with Crippen LogP contribution in [0.15, 0.2) is 47.4 Å². The average molecular weight is 351 g/mol. The molecule has 1 amide bonds. The Balaban J connectivity index is 2.09. The van der Waals surface area contributed by atoms with Crippen LogP contribution < -0.4 is 11.1 Å². The third-order valence-electron chi connectivity index (χ3n) is 3.01. The van der Waals surface area contributed by atoms with Gasteiger partial charge in [-0.25, -0.2) is 4.79 Å². The van der Waals surface area contributed by atoms with Gasteiger partial charge in [0.25, 0.3) is 0 Å². The molecular weight excluding hydrogens is 336 g/mol. The van der Waals surface area contributed by atoms with Crippen molar-refractivity contribution in [2.24, 2.45) is 0 Å². The predicted octanol–water partition coefficient (Wildman–Crippen LogP) is 3.74. The van der Waals surface area contributed by atoms with Gasteiger partial charge in [0.2, 0.25) is 5.91 Å². The average Bonchev–Trinajstić information content (AvgIpc) is 2.49. The summed E-state index contributed by atoms with van der Waals surface area (Å²) in [5, 5.41) is 11.5. The molecule has 2 rings (SSSR count). The number of hydrogen-bond acceptors (Lipinski definition) is 4. The lowest BCUT2D eigenvalue weighted by atomic mass is 10.2. The maximum Gasteiger partial charge on any atom is 0.335 e. The van der Waals surface area contributed by atoms with Crippen LogP contribution in [-0.2, 0) is 4.79 Å². The van der Waals surface area contributed by atoms with Crippen molar-refractivity contribution >= 4 is 46.6 Å². The number of anilines is 2. The van der Waals surface area contributed by atoms with Crippen molar-refractivity contribution in [3.8, 4) is 0 Å². The summed E-state index contributed by atoms with van der Waals surface area (Å²) in [5.74, 6) is -1.36. The molecule has 0 spiro atoms. The molecule has 1 unspecified atom stereocenters. The van der Waals surface area contributed by atoms with E-state index in [4.69, 9.17) is 22.4 Å². The number of aromatic carboxylic acids is 1. The van der Waals surface area contributed by atoms with Crippen LogP contribution in [0, 0.1) is 0 Å². The summed E-state index contributed by atoms with van der Waals surface area (Å²) in [5.41, 5.74) is 6.67. The molecule has 2 aromatic carbocycles. The number of thioether (sulfide) groups is 1. The Morgan fingerprint density at radius 2 is 2.00 bits per heavy atom. The number of carboxylic acid groups (broad SMARTS) is 1. The van der Waals surface area contributed by atoms with Crippen molar-refractivity contribution in [1.82, 2.24) is 0 Å². The number of carbonyl (C=O) groups excluding carboxylic acids is 1. The van der Waals surface area contributed by atoms with Gasteiger partial charge in [-0.05, 0) is 43.3 Å². The number of hydrogen-bond donors (Lipinski definition) is 3. The first-order valence-corrected chi connectivity index (χ1v) is 7.98. The predicted molar refractivity (Wildman–Crippen MR) is 93.2 cm³/mol. The fraction of sp³-hybridized carbons (Fsp3) is 0.125. The van der Waals surface area contributed by atoms with Gasteiger partial charge in [0.1, 0.15) is 0 Å². The van der Waals surface area contributed by atoms with Crippen molar-refractivity contribution in [1.29, 1.82) is 0 Å². The van der Waals surface area contributed by atoms with Gasteiger partial charge < -0.3 is 16.2 Å². The van der Waals surface area contributed by atoms with Gasteiger partial charge in [0, 0.05) is 10.6 Å². The summed E-state index contributed by atoms with van der Waals surface area (Å²) in [4.78, 5) is 24.1. The van der Waals surface area contributed by atoms with E-state index in [0.29, 0.717) is 5.69 Å². The summed E-state index contributed by atoms with van der Waals surface area (Å²) in [6.45, 7) is 1.75. The Kier molecular flexibility index (Phi) is 5.52. The monoisotopic (exact) mass is 350 g/mol. The van der Waals surface area contributed by atoms with Crippen LogP contribution in [0.4, 0.5) is 11.4 Å². The first-order chi connectivity index (χ1) is 10.9. The maximum absolute atomic E-state index is 12.3. The minimum Gasteiger partial charge on any atom is -0.478 e. The quantitative estimate of drug-likeness (QED) is 0.564. The smallest absolute Gasteiger partial charge is 0.335 e. The van der Waals surface area contributed by atoms with Gasteiger partial charge >= 0.3 is 5.97 Å². The molecule has 0 aliphatic heterocycles. The summed E-state index contributed by atoms with van der Waals surface area (Å²) in [6, 6.07) is 11.4. The Bertz CT molecular complexity index is 752. The van der Waals surface area contributed by atoms with E-state index < -0.39 is 11.2 Å². The highest BCUT2D eigenvalue weighted by Gasteiger charge is 2.17. The van der Waals surface area contributed by atoms with Crippen LogP contribution in [0.1, 0.15) is 17.3 Å². The van der Waals surface area contributed by atoms with E-state index in [-0.39, 0.29) is 22.2 Å². The van der Waals surface area contributed by atoms with Crippen molar-refractivity contribution in [3.63, 3.8) is 0 Å². The van der Waals surface area contributed by atoms with Gasteiger partial charge in [-0.15, -0.1) is 11.8 Å². The minimum atomic E-state index is -1.08. The highest BCUT2D eigenvalue weighted by Crippen LogP contribution is 2.28. The van der Waals surface area contributed by atoms with Crippen molar-refractivity contribution < 1.29 is 14.7 Å². The number of nitrogens with two attached hydrogens (primary N) is 1. The highest BCUT2D eigenvalue weighted by atomic mass is 35.5. The fourth-order valence-electron chi connectivity index (χ4n) is 1.83. The lowest BCUT2D eigenvalue weighted by Crippen LogP contribution is -2.22. The number of nitrogens with one attached hydrogen (secondary N) is 1. The molecule has 0 saturated heterocycles. The van der Waals surface area contributed by atoms with Crippen LogP contribution in [-0.4, -0.2) is 22.2 Å². The molecular formula is C16H15ClN2O3S. The largest absolute Gasteiger partial charge is 0.478 e. The zero-order valence-electron chi connectivity index (χ0n) is 12.2. The Morgan fingerprint density at radius 3 is 2.65 bits per heavy atom. The molecule has 1 atom stereocenters. The summed E-state index contributed by atoms with van der Waals surface area (Å²) < 4.78 is 0. The van der Waals surface area contributed by atoms with Crippen LogP contribution >= 0.6 is 23.4 Å². The van der Waals surface area contributed by atoms with Crippen LogP contribution in [0.2, 0.25) is 5.02 Å². The lowest BCUT2D eigenvalue weighted by molar-refractivity contribution is -0.115. The molecule has 7 heteroatoms. The van der Waals surface area contributed by atoms with E-state index in [9.17, 15) is 9.59 Å². The van der Waals surface area contributed by atoms with E-state index in [1.165, 1.54) is 30.0 Å². The van der Waals surface area contributed by atoms with E-state index in [1.54, 1.807) is 19.1 Å². The zero-order valence-corrected chi connectivity index (χ0v) is 13.8. The number of carboxylic acids is 1. The summed E-state index contributed by atoms with van der Waals surface area (Å²) in [7, 11) is 0. The Hall–Kier alpha value is -2.18. The lowest BCUT2D eigenvalue weighted by Gasteiger charge is -2.13. The molecule has 0 radical (unpaired) electrons. The molecule has 0 bridgehead atoms. The van der Waals surface area contributed by atoms with Crippen LogP contribution in [0.3, 0.4) is 0 Å². The second-order valence-electron chi connectivity index (χ2n) is 4.82. The number of benzene rings is 2. The van der Waals surface area contributed by atoms with Gasteiger partial charge in [0.05, 0.1) is 21.5 Å². The van der Waals surface area contributed by atoms with Gasteiger partial charge in [-0.1, -0.05) is 17.7 Å². The Morgan fingerprint density at radius 1 is 1.26 bits per heavy atom. The fourth-order valence-corrected chi connectivity index (χ4v) is 2.93. The molecule has 23 heavy (non-hydrogen) atoms. The van der Waals surface area contributed by atoms with Crippen molar-refractivity contribution in [2.75, 3.05) is 11.1 Å². The molecule has 4 N–H and O–H groups in total. The summed E-state index contributed by atoms with van der Waals surface area (Å²) in [6.07, 6.45) is 0. The highest BCUT2D eigenvalue weighted by molar-refractivity contribution is 8.00. The summed E-state index contributed by atoms with van der Waals surface area (Å²) >= 11 is 7.35. The van der Waals surface area contributed by atoms with Crippen molar-refractivity contribution in [3.05, 3.63) is 53.1 Å². The van der Waals surface area contributed by atoms with E-state index in [0.717, 1.165) is 4.90 Å².